The van der Waals surface area contributed by atoms with Gasteiger partial charge in [-0.3, -0.25) is 0 Å². The predicted octanol–water partition coefficient (Wildman–Crippen LogP) is -0.493. The predicted molar refractivity (Wildman–Crippen MR) is 25.7 cm³/mol. The van der Waals surface area contributed by atoms with Crippen LogP contribution in [0.1, 0.15) is 6.92 Å². The quantitative estimate of drug-likeness (QED) is 0.387. The maximum Gasteiger partial charge on any atom is 0.145 e. The molecule has 1 atom stereocenters. The lowest BCUT2D eigenvalue weighted by Gasteiger charge is -2.00. The Hall–Kier alpha value is -0.410. The topological polar surface area (TPSA) is 52.3 Å². The van der Waals surface area contributed by atoms with E-state index in [9.17, 15) is 4.79 Å². The van der Waals surface area contributed by atoms with Gasteiger partial charge in [-0.05, 0) is 6.92 Å². The van der Waals surface area contributed by atoms with Gasteiger partial charge in [-0.2, -0.15) is 0 Å². The molecule has 3 nitrogen and oxygen atoms in total. The highest BCUT2D eigenvalue weighted by Gasteiger charge is 1.87. The number of hydrogen-bond donors (Lipinski definition) is 1. The van der Waals surface area contributed by atoms with Gasteiger partial charge in [-0.25, -0.2) is 0 Å². The molecule has 0 bridgehead atoms. The molecule has 0 saturated carbocycles. The van der Waals surface area contributed by atoms with Gasteiger partial charge in [-0.15, -0.1) is 0 Å². The second-order valence-corrected chi connectivity index (χ2v) is 1.21. The smallest absolute Gasteiger partial charge is 0.145 e. The maximum absolute atomic E-state index is 9.53. The lowest BCUT2D eigenvalue weighted by atomic mass is 10.7. The summed E-state index contributed by atoms with van der Waals surface area (Å²) in [5.74, 6) is 0. The standard InChI is InChI=1S/C4H9NO2/c1-4(5)7-3-2-6/h2,4H,3,5H2,1H3. The third kappa shape index (κ3) is 5.59. The highest BCUT2D eigenvalue weighted by molar-refractivity contribution is 5.50. The summed E-state index contributed by atoms with van der Waals surface area (Å²) in [6.07, 6.45) is 0.341. The van der Waals surface area contributed by atoms with Gasteiger partial charge in [0.05, 0.1) is 0 Å². The van der Waals surface area contributed by atoms with Gasteiger partial charge >= 0.3 is 0 Å². The van der Waals surface area contributed by atoms with E-state index in [1.165, 1.54) is 0 Å². The summed E-state index contributed by atoms with van der Waals surface area (Å²) < 4.78 is 4.60. The Bertz CT molecular complexity index is 53.7. The monoisotopic (exact) mass is 103 g/mol. The fourth-order valence-electron chi connectivity index (χ4n) is 0.191. The molecule has 0 aromatic carbocycles. The molecule has 0 aromatic heterocycles. The molecule has 0 rings (SSSR count). The molecule has 0 spiro atoms. The summed E-state index contributed by atoms with van der Waals surface area (Å²) >= 11 is 0. The third-order valence-electron chi connectivity index (χ3n) is 0.427. The molecule has 0 aliphatic carbocycles. The van der Waals surface area contributed by atoms with Crippen LogP contribution in [0.3, 0.4) is 0 Å². The van der Waals surface area contributed by atoms with Crippen molar-refractivity contribution in [1.82, 2.24) is 0 Å². The Balaban J connectivity index is 2.81. The molecule has 42 valence electrons. The van der Waals surface area contributed by atoms with Gasteiger partial charge in [-0.1, -0.05) is 0 Å². The van der Waals surface area contributed by atoms with Crippen molar-refractivity contribution in [3.05, 3.63) is 0 Å². The van der Waals surface area contributed by atoms with Gasteiger partial charge in [0, 0.05) is 0 Å². The minimum Gasteiger partial charge on any atom is -0.356 e. The lowest BCUT2D eigenvalue weighted by molar-refractivity contribution is -0.113. The van der Waals surface area contributed by atoms with Crippen molar-refractivity contribution < 1.29 is 9.53 Å². The Morgan fingerprint density at radius 1 is 2.00 bits per heavy atom. The Labute approximate surface area is 42.4 Å². The van der Waals surface area contributed by atoms with Crippen molar-refractivity contribution in [1.29, 1.82) is 0 Å². The molecule has 0 radical (unpaired) electrons. The van der Waals surface area contributed by atoms with Crippen molar-refractivity contribution >= 4 is 6.29 Å². The summed E-state index contributed by atoms with van der Waals surface area (Å²) in [7, 11) is 0. The first-order chi connectivity index (χ1) is 3.27. The fourth-order valence-corrected chi connectivity index (χ4v) is 0.191. The number of hydrogen-bond acceptors (Lipinski definition) is 3. The third-order valence-corrected chi connectivity index (χ3v) is 0.427. The highest BCUT2D eigenvalue weighted by Crippen LogP contribution is 1.73. The van der Waals surface area contributed by atoms with Crippen molar-refractivity contribution in [2.45, 2.75) is 13.2 Å². The second kappa shape index (κ2) is 3.77. The molecule has 0 heterocycles. The van der Waals surface area contributed by atoms with Crippen LogP contribution in [0.4, 0.5) is 0 Å². The van der Waals surface area contributed by atoms with E-state index in [1.54, 1.807) is 6.92 Å². The molecule has 0 amide bonds. The number of nitrogens with two attached hydrogens (primary N) is 1. The molecule has 3 heteroatoms. The van der Waals surface area contributed by atoms with E-state index in [1.807, 2.05) is 0 Å². The maximum atomic E-state index is 9.53. The van der Waals surface area contributed by atoms with Crippen LogP contribution in [-0.2, 0) is 9.53 Å². The summed E-state index contributed by atoms with van der Waals surface area (Å²) in [6.45, 7) is 1.77. The molecule has 2 N–H and O–H groups in total. The average Bonchev–Trinajstić information content (AvgIpc) is 1.61. The van der Waals surface area contributed by atoms with Gasteiger partial charge in [0.2, 0.25) is 0 Å². The number of aldehydes is 1. The lowest BCUT2D eigenvalue weighted by Crippen LogP contribution is -2.19. The van der Waals surface area contributed by atoms with Crippen LogP contribution >= 0.6 is 0 Å². The molecule has 0 fully saturated rings. The first-order valence-electron chi connectivity index (χ1n) is 2.08. The van der Waals surface area contributed by atoms with Crippen LogP contribution in [0, 0.1) is 0 Å². The summed E-state index contributed by atoms with van der Waals surface area (Å²) in [6, 6.07) is 0. The number of carbonyl (C=O) groups is 1. The van der Waals surface area contributed by atoms with Crippen LogP contribution in [0.15, 0.2) is 0 Å². The van der Waals surface area contributed by atoms with Gasteiger partial charge in [0.15, 0.2) is 0 Å². The van der Waals surface area contributed by atoms with Crippen LogP contribution in [0.5, 0.6) is 0 Å². The van der Waals surface area contributed by atoms with Crippen LogP contribution in [0.25, 0.3) is 0 Å². The zero-order chi connectivity index (χ0) is 5.70. The highest BCUT2D eigenvalue weighted by atomic mass is 16.5. The minimum absolute atomic E-state index is 0.0949. The Morgan fingerprint density at radius 3 is 2.71 bits per heavy atom. The molecule has 0 aliphatic heterocycles. The SMILES string of the molecule is CC(N)OCC=O. The van der Waals surface area contributed by atoms with Crippen molar-refractivity contribution in [3.63, 3.8) is 0 Å². The normalized spacial score (nSPS) is 13.4. The first kappa shape index (κ1) is 6.59. The van der Waals surface area contributed by atoms with Gasteiger partial charge in [0.25, 0.3) is 0 Å². The molecule has 7 heavy (non-hydrogen) atoms. The number of rotatable bonds is 3. The van der Waals surface area contributed by atoms with E-state index in [2.05, 4.69) is 4.74 Å². The van der Waals surface area contributed by atoms with Gasteiger partial charge < -0.3 is 15.3 Å². The fraction of sp³-hybridized carbons (Fsp3) is 0.750. The van der Waals surface area contributed by atoms with Crippen molar-refractivity contribution in [3.8, 4) is 0 Å². The van der Waals surface area contributed by atoms with Crippen LogP contribution in [0.2, 0.25) is 0 Å². The van der Waals surface area contributed by atoms with Crippen molar-refractivity contribution in [2.24, 2.45) is 5.73 Å². The first-order valence-corrected chi connectivity index (χ1v) is 2.08. The van der Waals surface area contributed by atoms with E-state index >= 15 is 0 Å². The molecule has 0 saturated heterocycles. The van der Waals surface area contributed by atoms with Crippen molar-refractivity contribution in [2.75, 3.05) is 6.61 Å². The zero-order valence-electron chi connectivity index (χ0n) is 4.26. The second-order valence-electron chi connectivity index (χ2n) is 1.21. The van der Waals surface area contributed by atoms with E-state index < -0.39 is 0 Å². The molecule has 1 unspecified atom stereocenters. The Kier molecular flexibility index (Phi) is 3.55. The largest absolute Gasteiger partial charge is 0.356 e. The van der Waals surface area contributed by atoms with E-state index in [0.717, 1.165) is 0 Å². The van der Waals surface area contributed by atoms with Crippen LogP contribution in [-0.4, -0.2) is 19.1 Å². The molecular formula is C4H9NO2. The zero-order valence-corrected chi connectivity index (χ0v) is 4.26. The van der Waals surface area contributed by atoms with Crippen LogP contribution < -0.4 is 5.73 Å². The molecular weight excluding hydrogens is 94.0 g/mol. The number of ether oxygens (including phenoxy) is 1. The van der Waals surface area contributed by atoms with E-state index in [-0.39, 0.29) is 12.8 Å². The average molecular weight is 103 g/mol. The molecule has 0 aliphatic rings. The Morgan fingerprint density at radius 2 is 2.57 bits per heavy atom. The number of carbonyl (C=O) groups excluding carboxylic acids is 1. The summed E-state index contributed by atoms with van der Waals surface area (Å²) in [5.41, 5.74) is 5.10. The van der Waals surface area contributed by atoms with Gasteiger partial charge in [0.1, 0.15) is 19.1 Å². The summed E-state index contributed by atoms with van der Waals surface area (Å²) in [4.78, 5) is 9.53. The molecule has 0 aromatic rings. The van der Waals surface area contributed by atoms with E-state index in [0.29, 0.717) is 6.29 Å². The minimum atomic E-state index is -0.329. The van der Waals surface area contributed by atoms with E-state index in [4.69, 9.17) is 5.73 Å². The summed E-state index contributed by atoms with van der Waals surface area (Å²) in [5, 5.41) is 0.